The number of carbonyl (C=O) groups excluding carboxylic acids is 1. The summed E-state index contributed by atoms with van der Waals surface area (Å²) in [6.07, 6.45) is 0.828. The lowest BCUT2D eigenvalue weighted by atomic mass is 10.3. The van der Waals surface area contributed by atoms with Crippen molar-refractivity contribution in [1.82, 2.24) is 9.88 Å². The van der Waals surface area contributed by atoms with Gasteiger partial charge in [-0.2, -0.15) is 0 Å². The number of thiazole rings is 1. The summed E-state index contributed by atoms with van der Waals surface area (Å²) in [6.45, 7) is 1.36. The maximum absolute atomic E-state index is 13.0. The SMILES string of the molecule is COc1cccc(OCC(=O)N(CCCN(C)C)c2nc3ccc(Cl)cc3s2)c1.Cl. The number of halogens is 2. The highest BCUT2D eigenvalue weighted by Crippen LogP contribution is 2.31. The zero-order valence-electron chi connectivity index (χ0n) is 17.1. The highest BCUT2D eigenvalue weighted by Gasteiger charge is 2.20. The van der Waals surface area contributed by atoms with Gasteiger partial charge in [0.2, 0.25) is 0 Å². The molecule has 9 heteroatoms. The maximum Gasteiger partial charge on any atom is 0.266 e. The summed E-state index contributed by atoms with van der Waals surface area (Å²) in [5.74, 6) is 1.12. The third-order valence-electron chi connectivity index (χ3n) is 4.26. The molecule has 0 spiro atoms. The molecule has 0 aliphatic carbocycles. The first-order chi connectivity index (χ1) is 14.0. The minimum Gasteiger partial charge on any atom is -0.497 e. The Hall–Kier alpha value is -2.06. The normalized spacial score (nSPS) is 10.7. The van der Waals surface area contributed by atoms with Gasteiger partial charge in [0.25, 0.3) is 5.91 Å². The van der Waals surface area contributed by atoms with Crippen LogP contribution in [0.15, 0.2) is 42.5 Å². The Kier molecular flexibility index (Phi) is 9.17. The van der Waals surface area contributed by atoms with Crippen LogP contribution in [0.5, 0.6) is 11.5 Å². The predicted molar refractivity (Wildman–Crippen MR) is 126 cm³/mol. The van der Waals surface area contributed by atoms with Crippen LogP contribution in [0.3, 0.4) is 0 Å². The summed E-state index contributed by atoms with van der Waals surface area (Å²) in [5, 5.41) is 1.31. The Morgan fingerprint density at radius 2 is 1.90 bits per heavy atom. The molecular weight excluding hydrogens is 445 g/mol. The van der Waals surface area contributed by atoms with Crippen molar-refractivity contribution in [3.8, 4) is 11.5 Å². The average Bonchev–Trinajstić information content (AvgIpc) is 3.12. The van der Waals surface area contributed by atoms with Crippen molar-refractivity contribution in [2.75, 3.05) is 45.8 Å². The van der Waals surface area contributed by atoms with Crippen molar-refractivity contribution >= 4 is 56.6 Å². The number of methoxy groups -OCH3 is 1. The first kappa shape index (κ1) is 24.2. The van der Waals surface area contributed by atoms with Gasteiger partial charge in [-0.15, -0.1) is 12.4 Å². The number of rotatable bonds is 9. The summed E-state index contributed by atoms with van der Waals surface area (Å²) in [4.78, 5) is 21.4. The zero-order valence-corrected chi connectivity index (χ0v) is 19.5. The lowest BCUT2D eigenvalue weighted by Crippen LogP contribution is -2.36. The van der Waals surface area contributed by atoms with Gasteiger partial charge in [-0.25, -0.2) is 4.98 Å². The van der Waals surface area contributed by atoms with Crippen LogP contribution in [0, 0.1) is 0 Å². The van der Waals surface area contributed by atoms with Crippen LogP contribution in [-0.2, 0) is 4.79 Å². The first-order valence-electron chi connectivity index (χ1n) is 9.24. The molecule has 0 saturated heterocycles. The molecule has 0 unspecified atom stereocenters. The number of hydrogen-bond donors (Lipinski definition) is 0. The van der Waals surface area contributed by atoms with Crippen molar-refractivity contribution in [2.24, 2.45) is 0 Å². The summed E-state index contributed by atoms with van der Waals surface area (Å²) < 4.78 is 11.9. The van der Waals surface area contributed by atoms with E-state index in [4.69, 9.17) is 21.1 Å². The third kappa shape index (κ3) is 6.47. The molecule has 0 N–H and O–H groups in total. The topological polar surface area (TPSA) is 54.9 Å². The number of ether oxygens (including phenoxy) is 2. The molecule has 0 aliphatic rings. The number of anilines is 1. The molecule has 6 nitrogen and oxygen atoms in total. The van der Waals surface area contributed by atoms with Gasteiger partial charge in [0.1, 0.15) is 11.5 Å². The first-order valence-corrected chi connectivity index (χ1v) is 10.4. The van der Waals surface area contributed by atoms with E-state index in [0.29, 0.717) is 28.2 Å². The number of amides is 1. The number of carbonyl (C=O) groups is 1. The summed E-state index contributed by atoms with van der Waals surface area (Å²) >= 11 is 7.55. The molecule has 0 atom stereocenters. The fraction of sp³-hybridized carbons (Fsp3) is 0.333. The van der Waals surface area contributed by atoms with Gasteiger partial charge in [0, 0.05) is 17.6 Å². The Bertz CT molecular complexity index is 981. The summed E-state index contributed by atoms with van der Waals surface area (Å²) in [6, 6.07) is 12.7. The molecule has 0 aliphatic heterocycles. The van der Waals surface area contributed by atoms with Gasteiger partial charge in [0.15, 0.2) is 11.7 Å². The second kappa shape index (κ2) is 11.4. The van der Waals surface area contributed by atoms with Crippen molar-refractivity contribution in [2.45, 2.75) is 6.42 Å². The lowest BCUT2D eigenvalue weighted by molar-refractivity contribution is -0.120. The van der Waals surface area contributed by atoms with Crippen LogP contribution in [0.25, 0.3) is 10.2 Å². The van der Waals surface area contributed by atoms with E-state index in [1.807, 2.05) is 38.4 Å². The number of aromatic nitrogens is 1. The van der Waals surface area contributed by atoms with Crippen LogP contribution >= 0.6 is 35.3 Å². The van der Waals surface area contributed by atoms with E-state index in [1.165, 1.54) is 11.3 Å². The van der Waals surface area contributed by atoms with E-state index in [0.717, 1.165) is 23.2 Å². The highest BCUT2D eigenvalue weighted by atomic mass is 35.5. The van der Waals surface area contributed by atoms with E-state index < -0.39 is 0 Å². The monoisotopic (exact) mass is 469 g/mol. The van der Waals surface area contributed by atoms with Crippen molar-refractivity contribution < 1.29 is 14.3 Å². The largest absolute Gasteiger partial charge is 0.497 e. The molecule has 3 rings (SSSR count). The molecule has 0 radical (unpaired) electrons. The van der Waals surface area contributed by atoms with Crippen LogP contribution in [0.2, 0.25) is 5.02 Å². The molecule has 1 amide bonds. The van der Waals surface area contributed by atoms with E-state index in [1.54, 1.807) is 30.2 Å². The Balaban J connectivity index is 0.00000320. The predicted octanol–water partition coefficient (Wildman–Crippen LogP) is 4.74. The van der Waals surface area contributed by atoms with Crippen LogP contribution < -0.4 is 14.4 Å². The molecule has 3 aromatic rings. The quantitative estimate of drug-likeness (QED) is 0.452. The summed E-state index contributed by atoms with van der Waals surface area (Å²) in [7, 11) is 5.62. The molecule has 1 heterocycles. The Morgan fingerprint density at radius 3 is 2.63 bits per heavy atom. The molecule has 30 heavy (non-hydrogen) atoms. The Morgan fingerprint density at radius 1 is 1.13 bits per heavy atom. The van der Waals surface area contributed by atoms with Gasteiger partial charge >= 0.3 is 0 Å². The van der Waals surface area contributed by atoms with Gasteiger partial charge < -0.3 is 14.4 Å². The lowest BCUT2D eigenvalue weighted by Gasteiger charge is -2.21. The Labute approximate surface area is 191 Å². The standard InChI is InChI=1S/C21H24ClN3O3S.ClH/c1-24(2)10-5-11-25(21-23-18-9-8-15(22)12-19(18)29-21)20(26)14-28-17-7-4-6-16(13-17)27-3;/h4,6-9,12-13H,5,10-11,14H2,1-3H3;1H. The van der Waals surface area contributed by atoms with Crippen molar-refractivity contribution in [3.63, 3.8) is 0 Å². The molecule has 162 valence electrons. The summed E-state index contributed by atoms with van der Waals surface area (Å²) in [5.41, 5.74) is 0.827. The van der Waals surface area contributed by atoms with Crippen LogP contribution in [0.1, 0.15) is 6.42 Å². The van der Waals surface area contributed by atoms with E-state index in [-0.39, 0.29) is 24.9 Å². The minimum atomic E-state index is -0.142. The number of benzene rings is 2. The second-order valence-electron chi connectivity index (χ2n) is 6.78. The zero-order chi connectivity index (χ0) is 20.8. The molecule has 0 bridgehead atoms. The van der Waals surface area contributed by atoms with Crippen LogP contribution in [0.4, 0.5) is 5.13 Å². The van der Waals surface area contributed by atoms with Crippen molar-refractivity contribution in [1.29, 1.82) is 0 Å². The van der Waals surface area contributed by atoms with E-state index in [2.05, 4.69) is 9.88 Å². The van der Waals surface area contributed by atoms with Gasteiger partial charge in [-0.05, 0) is 57.4 Å². The minimum absolute atomic E-state index is 0. The molecular formula is C21H25Cl2N3O3S. The maximum atomic E-state index is 13.0. The highest BCUT2D eigenvalue weighted by molar-refractivity contribution is 7.22. The van der Waals surface area contributed by atoms with E-state index in [9.17, 15) is 4.79 Å². The molecule has 0 saturated carbocycles. The molecule has 1 aromatic heterocycles. The molecule has 0 fully saturated rings. The van der Waals surface area contributed by atoms with Gasteiger partial charge in [0.05, 0.1) is 17.3 Å². The fourth-order valence-electron chi connectivity index (χ4n) is 2.79. The number of hydrogen-bond acceptors (Lipinski definition) is 6. The van der Waals surface area contributed by atoms with Crippen molar-refractivity contribution in [3.05, 3.63) is 47.5 Å². The van der Waals surface area contributed by atoms with Gasteiger partial charge in [-0.3, -0.25) is 9.69 Å². The second-order valence-corrected chi connectivity index (χ2v) is 8.22. The molecule has 2 aromatic carbocycles. The third-order valence-corrected chi connectivity index (χ3v) is 5.54. The number of fused-ring (bicyclic) bond motifs is 1. The average molecular weight is 470 g/mol. The smallest absolute Gasteiger partial charge is 0.266 e. The number of nitrogens with zero attached hydrogens (tertiary/aromatic N) is 3. The van der Waals surface area contributed by atoms with Crippen LogP contribution in [-0.4, -0.2) is 56.7 Å². The van der Waals surface area contributed by atoms with E-state index >= 15 is 0 Å². The van der Waals surface area contributed by atoms with Gasteiger partial charge in [-0.1, -0.05) is 29.0 Å². The fourth-order valence-corrected chi connectivity index (χ4v) is 4.07.